The highest BCUT2D eigenvalue weighted by atomic mass is 32.1. The number of hydrogen-bond acceptors (Lipinski definition) is 3. The van der Waals surface area contributed by atoms with E-state index in [1.54, 1.807) is 12.1 Å². The van der Waals surface area contributed by atoms with E-state index in [9.17, 15) is 9.50 Å². The van der Waals surface area contributed by atoms with Crippen molar-refractivity contribution < 1.29 is 9.50 Å². The van der Waals surface area contributed by atoms with E-state index in [4.69, 9.17) is 0 Å². The SMILES string of the molecule is Cc1ccc(F)c(C(O)Cc2cn3ccsc3n2)c1. The van der Waals surface area contributed by atoms with Crippen LogP contribution < -0.4 is 0 Å². The number of thiazole rings is 1. The van der Waals surface area contributed by atoms with Crippen LogP contribution in [0.15, 0.2) is 36.0 Å². The zero-order valence-corrected chi connectivity index (χ0v) is 11.2. The molecule has 0 bridgehead atoms. The Balaban J connectivity index is 1.86. The van der Waals surface area contributed by atoms with Gasteiger partial charge in [-0.15, -0.1) is 11.3 Å². The summed E-state index contributed by atoms with van der Waals surface area (Å²) < 4.78 is 15.6. The molecule has 1 atom stereocenters. The Morgan fingerprint density at radius 1 is 1.47 bits per heavy atom. The molecule has 98 valence electrons. The molecule has 1 unspecified atom stereocenters. The number of benzene rings is 1. The summed E-state index contributed by atoms with van der Waals surface area (Å²) in [5.41, 5.74) is 2.03. The number of aliphatic hydroxyl groups excluding tert-OH is 1. The number of nitrogens with zero attached hydrogens (tertiary/aromatic N) is 2. The third-order valence-corrected chi connectivity index (χ3v) is 3.83. The predicted octanol–water partition coefficient (Wildman–Crippen LogP) is 3.12. The number of aliphatic hydroxyl groups is 1. The molecule has 0 aliphatic heterocycles. The number of halogens is 1. The smallest absolute Gasteiger partial charge is 0.193 e. The van der Waals surface area contributed by atoms with Crippen LogP contribution in [-0.2, 0) is 6.42 Å². The number of rotatable bonds is 3. The summed E-state index contributed by atoms with van der Waals surface area (Å²) in [7, 11) is 0. The van der Waals surface area contributed by atoms with Gasteiger partial charge in [0.2, 0.25) is 0 Å². The maximum absolute atomic E-state index is 13.7. The maximum atomic E-state index is 13.7. The minimum atomic E-state index is -0.871. The Kier molecular flexibility index (Phi) is 3.08. The van der Waals surface area contributed by atoms with Crippen molar-refractivity contribution in [1.29, 1.82) is 0 Å². The minimum Gasteiger partial charge on any atom is -0.388 e. The number of hydrogen-bond donors (Lipinski definition) is 1. The van der Waals surface area contributed by atoms with Gasteiger partial charge in [-0.1, -0.05) is 17.7 Å². The lowest BCUT2D eigenvalue weighted by Gasteiger charge is -2.11. The van der Waals surface area contributed by atoms with Crippen molar-refractivity contribution >= 4 is 16.3 Å². The highest BCUT2D eigenvalue weighted by Crippen LogP contribution is 2.23. The summed E-state index contributed by atoms with van der Waals surface area (Å²) in [5.74, 6) is -0.376. The van der Waals surface area contributed by atoms with Crippen LogP contribution in [0.25, 0.3) is 4.96 Å². The largest absolute Gasteiger partial charge is 0.388 e. The van der Waals surface area contributed by atoms with Crippen molar-refractivity contribution in [3.8, 4) is 0 Å². The van der Waals surface area contributed by atoms with Crippen LogP contribution in [-0.4, -0.2) is 14.5 Å². The molecule has 3 nitrogen and oxygen atoms in total. The molecule has 0 spiro atoms. The second-order valence-corrected chi connectivity index (χ2v) is 5.44. The van der Waals surface area contributed by atoms with Crippen molar-refractivity contribution in [2.75, 3.05) is 0 Å². The fourth-order valence-electron chi connectivity index (χ4n) is 2.10. The monoisotopic (exact) mass is 276 g/mol. The standard InChI is InChI=1S/C14H13FN2OS/c1-9-2-3-12(15)11(6-9)13(18)7-10-8-17-4-5-19-14(17)16-10/h2-6,8,13,18H,7H2,1H3. The molecule has 5 heteroatoms. The van der Waals surface area contributed by atoms with Gasteiger partial charge in [0.05, 0.1) is 11.8 Å². The van der Waals surface area contributed by atoms with E-state index in [1.165, 1.54) is 17.4 Å². The zero-order chi connectivity index (χ0) is 13.4. The van der Waals surface area contributed by atoms with Crippen LogP contribution in [0.4, 0.5) is 4.39 Å². The molecule has 0 aliphatic rings. The first-order valence-electron chi connectivity index (χ1n) is 5.98. The minimum absolute atomic E-state index is 0.314. The average molecular weight is 276 g/mol. The lowest BCUT2D eigenvalue weighted by molar-refractivity contribution is 0.172. The maximum Gasteiger partial charge on any atom is 0.193 e. The van der Waals surface area contributed by atoms with Crippen LogP contribution in [0.2, 0.25) is 0 Å². The lowest BCUT2D eigenvalue weighted by Crippen LogP contribution is -2.05. The van der Waals surface area contributed by atoms with Gasteiger partial charge in [0.1, 0.15) is 5.82 Å². The second-order valence-electron chi connectivity index (χ2n) is 4.57. The summed E-state index contributed by atoms with van der Waals surface area (Å²) in [6.07, 6.45) is 3.22. The van der Waals surface area contributed by atoms with Gasteiger partial charge in [0.15, 0.2) is 4.96 Å². The Hall–Kier alpha value is -1.72. The summed E-state index contributed by atoms with van der Waals surface area (Å²) >= 11 is 1.53. The second kappa shape index (κ2) is 4.75. The number of fused-ring (bicyclic) bond motifs is 1. The molecule has 3 aromatic rings. The molecule has 19 heavy (non-hydrogen) atoms. The summed E-state index contributed by atoms with van der Waals surface area (Å²) in [6, 6.07) is 4.76. The van der Waals surface area contributed by atoms with Gasteiger partial charge in [-0.3, -0.25) is 4.40 Å². The third kappa shape index (κ3) is 2.39. The van der Waals surface area contributed by atoms with Crippen molar-refractivity contribution in [1.82, 2.24) is 9.38 Å². The Morgan fingerprint density at radius 3 is 3.11 bits per heavy atom. The average Bonchev–Trinajstić information content (AvgIpc) is 2.92. The van der Waals surface area contributed by atoms with Gasteiger partial charge in [-0.2, -0.15) is 0 Å². The van der Waals surface area contributed by atoms with E-state index in [-0.39, 0.29) is 5.82 Å². The fourth-order valence-corrected chi connectivity index (χ4v) is 2.82. The quantitative estimate of drug-likeness (QED) is 0.798. The first-order valence-corrected chi connectivity index (χ1v) is 6.86. The predicted molar refractivity (Wildman–Crippen MR) is 72.9 cm³/mol. The number of aromatic nitrogens is 2. The van der Waals surface area contributed by atoms with Gasteiger partial charge in [0, 0.05) is 29.8 Å². The van der Waals surface area contributed by atoms with Gasteiger partial charge in [-0.25, -0.2) is 9.37 Å². The molecule has 0 saturated carbocycles. The molecule has 1 N–H and O–H groups in total. The zero-order valence-electron chi connectivity index (χ0n) is 10.4. The van der Waals surface area contributed by atoms with E-state index in [0.717, 1.165) is 16.2 Å². The lowest BCUT2D eigenvalue weighted by atomic mass is 10.0. The van der Waals surface area contributed by atoms with Gasteiger partial charge < -0.3 is 5.11 Å². The van der Waals surface area contributed by atoms with E-state index in [1.807, 2.05) is 29.1 Å². The van der Waals surface area contributed by atoms with Gasteiger partial charge in [-0.05, 0) is 13.0 Å². The Bertz CT molecular complexity index is 691. The normalized spacial score (nSPS) is 13.0. The summed E-state index contributed by atoms with van der Waals surface area (Å²) in [4.78, 5) is 5.27. The molecule has 0 aliphatic carbocycles. The Morgan fingerprint density at radius 2 is 2.32 bits per heavy atom. The topological polar surface area (TPSA) is 37.5 Å². The highest BCUT2D eigenvalue weighted by Gasteiger charge is 2.15. The van der Waals surface area contributed by atoms with Crippen LogP contribution in [0.5, 0.6) is 0 Å². The first kappa shape index (κ1) is 12.3. The molecule has 2 aromatic heterocycles. The van der Waals surface area contributed by atoms with Gasteiger partial charge >= 0.3 is 0 Å². The van der Waals surface area contributed by atoms with Crippen LogP contribution in [0.3, 0.4) is 0 Å². The molecule has 2 heterocycles. The van der Waals surface area contributed by atoms with Crippen LogP contribution in [0, 0.1) is 12.7 Å². The molecular weight excluding hydrogens is 263 g/mol. The van der Waals surface area contributed by atoms with Crippen molar-refractivity contribution in [3.63, 3.8) is 0 Å². The van der Waals surface area contributed by atoms with Crippen LogP contribution >= 0.6 is 11.3 Å². The number of aryl methyl sites for hydroxylation is 1. The molecule has 0 amide bonds. The molecule has 0 fully saturated rings. The summed E-state index contributed by atoms with van der Waals surface area (Å²) in [6.45, 7) is 1.88. The fraction of sp³-hybridized carbons (Fsp3) is 0.214. The van der Waals surface area contributed by atoms with E-state index in [2.05, 4.69) is 4.98 Å². The van der Waals surface area contributed by atoms with Crippen molar-refractivity contribution in [3.05, 3.63) is 58.6 Å². The van der Waals surface area contributed by atoms with Crippen LogP contribution in [0.1, 0.15) is 22.9 Å². The highest BCUT2D eigenvalue weighted by molar-refractivity contribution is 7.15. The summed E-state index contributed by atoms with van der Waals surface area (Å²) in [5, 5.41) is 12.1. The van der Waals surface area contributed by atoms with E-state index >= 15 is 0 Å². The molecule has 1 aromatic carbocycles. The van der Waals surface area contributed by atoms with Crippen molar-refractivity contribution in [2.24, 2.45) is 0 Å². The first-order chi connectivity index (χ1) is 9.13. The number of imidazole rings is 1. The van der Waals surface area contributed by atoms with E-state index < -0.39 is 6.10 Å². The third-order valence-electron chi connectivity index (χ3n) is 3.06. The molecular formula is C14H13FN2OS. The van der Waals surface area contributed by atoms with E-state index in [0.29, 0.717) is 12.0 Å². The Labute approximate surface area is 114 Å². The molecule has 3 rings (SSSR count). The molecule has 0 saturated heterocycles. The van der Waals surface area contributed by atoms with Gasteiger partial charge in [0.25, 0.3) is 0 Å². The molecule has 0 radical (unpaired) electrons. The van der Waals surface area contributed by atoms with Crippen molar-refractivity contribution in [2.45, 2.75) is 19.4 Å².